The molecule has 0 atom stereocenters. The van der Waals surface area contributed by atoms with Crippen LogP contribution in [-0.2, 0) is 11.3 Å². The summed E-state index contributed by atoms with van der Waals surface area (Å²) < 4.78 is 1.78. The molecule has 7 heteroatoms. The number of nitrogens with one attached hydrogen (secondary N) is 1. The summed E-state index contributed by atoms with van der Waals surface area (Å²) >= 11 is 0. The van der Waals surface area contributed by atoms with Crippen LogP contribution in [0.5, 0.6) is 0 Å². The molecule has 1 aromatic carbocycles. The summed E-state index contributed by atoms with van der Waals surface area (Å²) in [6.45, 7) is 1.17. The van der Waals surface area contributed by atoms with E-state index in [1.807, 2.05) is 18.2 Å². The van der Waals surface area contributed by atoms with Crippen LogP contribution in [-0.4, -0.2) is 33.2 Å². The number of benzene rings is 1. The van der Waals surface area contributed by atoms with Gasteiger partial charge >= 0.3 is 0 Å². The average molecular weight is 258 g/mol. The van der Waals surface area contributed by atoms with E-state index < -0.39 is 0 Å². The molecule has 1 amide bonds. The molecule has 0 aliphatic carbocycles. The topological polar surface area (TPSA) is 98.2 Å². The van der Waals surface area contributed by atoms with E-state index in [0.717, 1.165) is 22.3 Å². The Morgan fingerprint density at radius 1 is 1.37 bits per heavy atom. The van der Waals surface area contributed by atoms with Crippen molar-refractivity contribution >= 4 is 22.7 Å². The highest BCUT2D eigenvalue weighted by Gasteiger charge is 2.14. The van der Waals surface area contributed by atoms with E-state index in [9.17, 15) is 4.79 Å². The quantitative estimate of drug-likeness (QED) is 0.809. The van der Waals surface area contributed by atoms with E-state index in [1.165, 1.54) is 0 Å². The van der Waals surface area contributed by atoms with E-state index in [-0.39, 0.29) is 5.91 Å². The van der Waals surface area contributed by atoms with Crippen molar-refractivity contribution in [3.63, 3.8) is 0 Å². The van der Waals surface area contributed by atoms with Crippen molar-refractivity contribution in [3.8, 4) is 0 Å². The fourth-order valence-electron chi connectivity index (χ4n) is 2.12. The van der Waals surface area contributed by atoms with Crippen molar-refractivity contribution in [3.05, 3.63) is 23.8 Å². The number of hydrogen-bond donors (Lipinski definition) is 2. The Labute approximate surface area is 109 Å². The molecule has 2 heterocycles. The standard InChI is InChI=1S/C12H14N6O/c13-5-6-18-11-3-1-8(7-10(11)15-17-18)9-2-4-12(19)16-14-9/h1,3,7H,2,4-6,13H2,(H,16,19). The number of carbonyl (C=O) groups excluding carboxylic acids is 1. The predicted molar refractivity (Wildman–Crippen MR) is 70.5 cm³/mol. The van der Waals surface area contributed by atoms with Gasteiger partial charge in [0.2, 0.25) is 5.91 Å². The number of hydrogen-bond acceptors (Lipinski definition) is 5. The zero-order valence-electron chi connectivity index (χ0n) is 10.3. The number of fused-ring (bicyclic) bond motifs is 1. The molecular weight excluding hydrogens is 244 g/mol. The first-order valence-corrected chi connectivity index (χ1v) is 6.17. The first-order chi connectivity index (χ1) is 9.28. The normalized spacial score (nSPS) is 15.4. The van der Waals surface area contributed by atoms with Gasteiger partial charge in [0.1, 0.15) is 5.52 Å². The number of carbonyl (C=O) groups is 1. The predicted octanol–water partition coefficient (Wildman–Crippen LogP) is 0.00410. The van der Waals surface area contributed by atoms with Crippen LogP contribution < -0.4 is 11.2 Å². The molecule has 2 aromatic rings. The summed E-state index contributed by atoms with van der Waals surface area (Å²) in [6, 6.07) is 5.86. The molecule has 0 unspecified atom stereocenters. The third kappa shape index (κ3) is 2.19. The molecule has 98 valence electrons. The van der Waals surface area contributed by atoms with Crippen molar-refractivity contribution in [1.29, 1.82) is 0 Å². The Balaban J connectivity index is 1.96. The Hall–Kier alpha value is -2.28. The van der Waals surface area contributed by atoms with Crippen LogP contribution >= 0.6 is 0 Å². The molecule has 0 saturated carbocycles. The van der Waals surface area contributed by atoms with E-state index >= 15 is 0 Å². The van der Waals surface area contributed by atoms with Gasteiger partial charge < -0.3 is 5.73 Å². The van der Waals surface area contributed by atoms with Gasteiger partial charge in [-0.2, -0.15) is 5.10 Å². The Morgan fingerprint density at radius 2 is 2.26 bits per heavy atom. The van der Waals surface area contributed by atoms with Crippen molar-refractivity contribution in [1.82, 2.24) is 20.4 Å². The molecular formula is C12H14N6O. The summed E-state index contributed by atoms with van der Waals surface area (Å²) in [5.41, 5.74) is 11.6. The number of amides is 1. The van der Waals surface area contributed by atoms with E-state index in [1.54, 1.807) is 4.68 Å². The lowest BCUT2D eigenvalue weighted by Gasteiger charge is -2.11. The van der Waals surface area contributed by atoms with Crippen molar-refractivity contribution in [2.45, 2.75) is 19.4 Å². The first-order valence-electron chi connectivity index (χ1n) is 6.17. The van der Waals surface area contributed by atoms with Crippen LogP contribution in [0.1, 0.15) is 18.4 Å². The Bertz CT molecular complexity index is 659. The van der Waals surface area contributed by atoms with Crippen molar-refractivity contribution < 1.29 is 4.79 Å². The van der Waals surface area contributed by atoms with E-state index in [4.69, 9.17) is 5.73 Å². The number of nitrogens with zero attached hydrogens (tertiary/aromatic N) is 4. The number of rotatable bonds is 3. The summed E-state index contributed by atoms with van der Waals surface area (Å²) in [7, 11) is 0. The van der Waals surface area contributed by atoms with Gasteiger partial charge in [-0.1, -0.05) is 11.3 Å². The molecule has 3 N–H and O–H groups in total. The second-order valence-electron chi connectivity index (χ2n) is 4.40. The summed E-state index contributed by atoms with van der Waals surface area (Å²) in [5, 5.41) is 12.3. The second-order valence-corrected chi connectivity index (χ2v) is 4.40. The molecule has 0 saturated heterocycles. The maximum Gasteiger partial charge on any atom is 0.240 e. The van der Waals surface area contributed by atoms with Crippen LogP contribution in [0, 0.1) is 0 Å². The highest BCUT2D eigenvalue weighted by atomic mass is 16.2. The fraction of sp³-hybridized carbons (Fsp3) is 0.333. The van der Waals surface area contributed by atoms with Crippen LogP contribution in [0.2, 0.25) is 0 Å². The zero-order valence-corrected chi connectivity index (χ0v) is 10.3. The molecule has 1 aliphatic rings. The molecule has 0 fully saturated rings. The van der Waals surface area contributed by atoms with Crippen LogP contribution in [0.15, 0.2) is 23.3 Å². The smallest absolute Gasteiger partial charge is 0.240 e. The van der Waals surface area contributed by atoms with E-state index in [2.05, 4.69) is 20.8 Å². The highest BCUT2D eigenvalue weighted by Crippen LogP contribution is 2.16. The van der Waals surface area contributed by atoms with Gasteiger partial charge in [-0.3, -0.25) is 4.79 Å². The fourth-order valence-corrected chi connectivity index (χ4v) is 2.12. The summed E-state index contributed by atoms with van der Waals surface area (Å²) in [4.78, 5) is 11.1. The lowest BCUT2D eigenvalue weighted by Crippen LogP contribution is -2.25. The number of aromatic nitrogens is 3. The lowest BCUT2D eigenvalue weighted by molar-refractivity contribution is -0.121. The van der Waals surface area contributed by atoms with Gasteiger partial charge in [-0.25, -0.2) is 10.1 Å². The first kappa shape index (κ1) is 11.8. The van der Waals surface area contributed by atoms with Crippen molar-refractivity contribution in [2.24, 2.45) is 10.8 Å². The Kier molecular flexibility index (Phi) is 2.96. The van der Waals surface area contributed by atoms with Gasteiger partial charge in [0, 0.05) is 24.9 Å². The van der Waals surface area contributed by atoms with Gasteiger partial charge in [0.15, 0.2) is 0 Å². The largest absolute Gasteiger partial charge is 0.329 e. The van der Waals surface area contributed by atoms with Gasteiger partial charge in [0.25, 0.3) is 0 Å². The molecule has 3 rings (SSSR count). The monoisotopic (exact) mass is 258 g/mol. The van der Waals surface area contributed by atoms with E-state index in [0.29, 0.717) is 25.9 Å². The van der Waals surface area contributed by atoms with Gasteiger partial charge in [0.05, 0.1) is 17.8 Å². The molecule has 0 spiro atoms. The average Bonchev–Trinajstić information content (AvgIpc) is 2.83. The minimum atomic E-state index is -0.0429. The van der Waals surface area contributed by atoms with Crippen LogP contribution in [0.4, 0.5) is 0 Å². The molecule has 1 aromatic heterocycles. The molecule has 0 radical (unpaired) electrons. The third-order valence-corrected chi connectivity index (χ3v) is 3.09. The number of nitrogens with two attached hydrogens (primary N) is 1. The summed E-state index contributed by atoms with van der Waals surface area (Å²) in [6.07, 6.45) is 1.12. The van der Waals surface area contributed by atoms with Crippen LogP contribution in [0.3, 0.4) is 0 Å². The molecule has 1 aliphatic heterocycles. The minimum Gasteiger partial charge on any atom is -0.329 e. The Morgan fingerprint density at radius 3 is 3.00 bits per heavy atom. The zero-order chi connectivity index (χ0) is 13.2. The highest BCUT2D eigenvalue weighted by molar-refractivity contribution is 6.05. The second kappa shape index (κ2) is 4.77. The maximum atomic E-state index is 11.1. The molecule has 0 bridgehead atoms. The van der Waals surface area contributed by atoms with Gasteiger partial charge in [-0.05, 0) is 12.1 Å². The third-order valence-electron chi connectivity index (χ3n) is 3.09. The number of hydrazone groups is 1. The molecule has 19 heavy (non-hydrogen) atoms. The SMILES string of the molecule is NCCn1nnc2cc(C3=NNC(=O)CC3)ccc21. The molecule has 7 nitrogen and oxygen atoms in total. The van der Waals surface area contributed by atoms with Crippen LogP contribution in [0.25, 0.3) is 11.0 Å². The van der Waals surface area contributed by atoms with Gasteiger partial charge in [-0.15, -0.1) is 5.10 Å². The summed E-state index contributed by atoms with van der Waals surface area (Å²) in [5.74, 6) is -0.0429. The minimum absolute atomic E-state index is 0.0429. The van der Waals surface area contributed by atoms with Crippen molar-refractivity contribution in [2.75, 3.05) is 6.54 Å². The lowest BCUT2D eigenvalue weighted by atomic mass is 10.0. The maximum absolute atomic E-state index is 11.1.